The molecule has 4 saturated carbocycles. The summed E-state index contributed by atoms with van der Waals surface area (Å²) in [6, 6.07) is 6.62. The Morgan fingerprint density at radius 3 is 2.20 bits per heavy atom. The normalized spacial score (nSPS) is 30.9. The Morgan fingerprint density at radius 2 is 1.67 bits per heavy atom. The fourth-order valence-corrected chi connectivity index (χ4v) is 7.30. The molecule has 4 bridgehead atoms. The van der Waals surface area contributed by atoms with Crippen LogP contribution in [-0.4, -0.2) is 39.1 Å². The van der Waals surface area contributed by atoms with Gasteiger partial charge in [0.2, 0.25) is 15.9 Å². The second kappa shape index (κ2) is 8.60. The van der Waals surface area contributed by atoms with E-state index in [2.05, 4.69) is 10.0 Å². The third kappa shape index (κ3) is 4.73. The first-order valence-electron chi connectivity index (χ1n) is 11.3. The molecule has 0 heterocycles. The highest BCUT2D eigenvalue weighted by atomic mass is 32.2. The largest absolute Gasteiger partial charge is 0.383 e. The van der Waals surface area contributed by atoms with Crippen molar-refractivity contribution in [3.8, 4) is 0 Å². The zero-order valence-corrected chi connectivity index (χ0v) is 18.6. The Kier molecular flexibility index (Phi) is 6.24. The van der Waals surface area contributed by atoms with Gasteiger partial charge in [-0.1, -0.05) is 12.1 Å². The monoisotopic (exact) mass is 434 g/mol. The van der Waals surface area contributed by atoms with E-state index >= 15 is 0 Å². The summed E-state index contributed by atoms with van der Waals surface area (Å²) in [6.45, 7) is 0.422. The maximum absolute atomic E-state index is 12.3. The first-order chi connectivity index (χ1) is 14.3. The zero-order chi connectivity index (χ0) is 21.4. The summed E-state index contributed by atoms with van der Waals surface area (Å²) in [7, 11) is -2.05. The van der Waals surface area contributed by atoms with Gasteiger partial charge in [-0.05, 0) is 106 Å². The summed E-state index contributed by atoms with van der Waals surface area (Å²) in [5, 5.41) is 13.2. The molecule has 0 aliphatic heterocycles. The SMILES string of the molecule is CNS(=O)(=O)c1ccc(CCNC(=O)C(O)CCC23CC4CC(CC(C4)C2)C3)cc1. The van der Waals surface area contributed by atoms with Gasteiger partial charge in [0, 0.05) is 6.54 Å². The van der Waals surface area contributed by atoms with Gasteiger partial charge in [-0.2, -0.15) is 0 Å². The number of sulfonamides is 1. The minimum absolute atomic E-state index is 0.220. The average Bonchev–Trinajstić information content (AvgIpc) is 2.71. The highest BCUT2D eigenvalue weighted by molar-refractivity contribution is 7.89. The molecule has 1 atom stereocenters. The molecule has 1 aromatic carbocycles. The number of aliphatic hydroxyl groups is 1. The number of amides is 1. The molecule has 6 nitrogen and oxygen atoms in total. The van der Waals surface area contributed by atoms with Crippen molar-refractivity contribution >= 4 is 15.9 Å². The number of carbonyl (C=O) groups is 1. The molecule has 0 saturated heterocycles. The number of nitrogens with one attached hydrogen (secondary N) is 2. The van der Waals surface area contributed by atoms with E-state index in [1.807, 2.05) is 0 Å². The first kappa shape index (κ1) is 21.8. The molecule has 4 aliphatic rings. The molecule has 166 valence electrons. The minimum atomic E-state index is -3.44. The summed E-state index contributed by atoms with van der Waals surface area (Å²) in [6.07, 6.45) is 9.28. The van der Waals surface area contributed by atoms with Crippen LogP contribution < -0.4 is 10.0 Å². The molecule has 30 heavy (non-hydrogen) atoms. The Morgan fingerprint density at radius 1 is 1.10 bits per heavy atom. The maximum Gasteiger partial charge on any atom is 0.248 e. The summed E-state index contributed by atoms with van der Waals surface area (Å²) < 4.78 is 25.8. The van der Waals surface area contributed by atoms with Crippen molar-refractivity contribution in [1.82, 2.24) is 10.0 Å². The summed E-state index contributed by atoms with van der Waals surface area (Å²) >= 11 is 0. The highest BCUT2D eigenvalue weighted by Gasteiger charge is 2.50. The van der Waals surface area contributed by atoms with Crippen molar-refractivity contribution in [2.75, 3.05) is 13.6 Å². The Balaban J connectivity index is 1.21. The topological polar surface area (TPSA) is 95.5 Å². The van der Waals surface area contributed by atoms with E-state index in [0.717, 1.165) is 29.7 Å². The summed E-state index contributed by atoms with van der Waals surface area (Å²) in [4.78, 5) is 12.5. The predicted molar refractivity (Wildman–Crippen MR) is 115 cm³/mol. The summed E-state index contributed by atoms with van der Waals surface area (Å²) in [5.74, 6) is 2.36. The standard InChI is InChI=1S/C23H34N2O4S/c1-24-30(28,29)20-4-2-16(3-5-20)7-9-25-22(27)21(26)6-8-23-13-17-10-18(14-23)12-19(11-17)15-23/h2-5,17-19,21,24,26H,6-15H2,1H3,(H,25,27). The van der Waals surface area contributed by atoms with Crippen LogP contribution in [0.2, 0.25) is 0 Å². The molecule has 4 aliphatic carbocycles. The Bertz CT molecular complexity index is 830. The minimum Gasteiger partial charge on any atom is -0.383 e. The Hall–Kier alpha value is -1.44. The molecule has 0 radical (unpaired) electrons. The number of rotatable bonds is 9. The number of benzene rings is 1. The van der Waals surface area contributed by atoms with Crippen LogP contribution in [0.1, 0.15) is 56.9 Å². The molecule has 5 rings (SSSR count). The van der Waals surface area contributed by atoms with Gasteiger partial charge in [-0.15, -0.1) is 0 Å². The lowest BCUT2D eigenvalue weighted by Gasteiger charge is -2.57. The van der Waals surface area contributed by atoms with E-state index in [-0.39, 0.29) is 10.8 Å². The van der Waals surface area contributed by atoms with Crippen molar-refractivity contribution in [3.63, 3.8) is 0 Å². The second-order valence-electron chi connectivity index (χ2n) is 9.86. The molecule has 1 aromatic rings. The van der Waals surface area contributed by atoms with Crippen LogP contribution in [0.3, 0.4) is 0 Å². The molecule has 0 spiro atoms. The first-order valence-corrected chi connectivity index (χ1v) is 12.8. The molecule has 1 unspecified atom stereocenters. The van der Waals surface area contributed by atoms with Crippen molar-refractivity contribution in [1.29, 1.82) is 0 Å². The van der Waals surface area contributed by atoms with E-state index in [4.69, 9.17) is 0 Å². The third-order valence-electron chi connectivity index (χ3n) is 7.63. The number of carbonyl (C=O) groups excluding carboxylic acids is 1. The highest BCUT2D eigenvalue weighted by Crippen LogP contribution is 2.61. The van der Waals surface area contributed by atoms with E-state index in [1.54, 1.807) is 24.3 Å². The maximum atomic E-state index is 12.3. The lowest BCUT2D eigenvalue weighted by atomic mass is 9.48. The van der Waals surface area contributed by atoms with Crippen LogP contribution in [0, 0.1) is 23.2 Å². The molecule has 1 amide bonds. The predicted octanol–water partition coefficient (Wildman–Crippen LogP) is 2.61. The number of hydrogen-bond acceptors (Lipinski definition) is 4. The van der Waals surface area contributed by atoms with Gasteiger partial charge in [0.15, 0.2) is 0 Å². The van der Waals surface area contributed by atoms with Crippen molar-refractivity contribution in [2.45, 2.75) is 68.8 Å². The lowest BCUT2D eigenvalue weighted by molar-refractivity contribution is -0.130. The van der Waals surface area contributed by atoms with Gasteiger partial charge in [-0.3, -0.25) is 4.79 Å². The van der Waals surface area contributed by atoms with E-state index in [0.29, 0.717) is 24.8 Å². The quantitative estimate of drug-likeness (QED) is 0.557. The van der Waals surface area contributed by atoms with Crippen LogP contribution in [0.5, 0.6) is 0 Å². The fourth-order valence-electron chi connectivity index (χ4n) is 6.57. The number of hydrogen-bond donors (Lipinski definition) is 3. The lowest BCUT2D eigenvalue weighted by Crippen LogP contribution is -2.46. The van der Waals surface area contributed by atoms with Crippen molar-refractivity contribution < 1.29 is 18.3 Å². The van der Waals surface area contributed by atoms with Gasteiger partial charge in [0.05, 0.1) is 4.90 Å². The molecule has 0 aromatic heterocycles. The van der Waals surface area contributed by atoms with Gasteiger partial charge in [0.1, 0.15) is 6.10 Å². The van der Waals surface area contributed by atoms with Crippen LogP contribution in [0.4, 0.5) is 0 Å². The van der Waals surface area contributed by atoms with E-state index in [9.17, 15) is 18.3 Å². The van der Waals surface area contributed by atoms with Crippen molar-refractivity contribution in [3.05, 3.63) is 29.8 Å². The Labute approximate surface area is 179 Å². The van der Waals surface area contributed by atoms with E-state index in [1.165, 1.54) is 45.6 Å². The van der Waals surface area contributed by atoms with E-state index < -0.39 is 16.1 Å². The molecule has 3 N–H and O–H groups in total. The third-order valence-corrected chi connectivity index (χ3v) is 9.06. The second-order valence-corrected chi connectivity index (χ2v) is 11.8. The molecular formula is C23H34N2O4S. The van der Waals surface area contributed by atoms with Crippen LogP contribution in [0.15, 0.2) is 29.2 Å². The van der Waals surface area contributed by atoms with Gasteiger partial charge < -0.3 is 10.4 Å². The van der Waals surface area contributed by atoms with Crippen LogP contribution in [0.25, 0.3) is 0 Å². The van der Waals surface area contributed by atoms with Gasteiger partial charge in [-0.25, -0.2) is 13.1 Å². The van der Waals surface area contributed by atoms with Crippen molar-refractivity contribution in [2.24, 2.45) is 23.2 Å². The zero-order valence-electron chi connectivity index (χ0n) is 17.8. The van der Waals surface area contributed by atoms with Gasteiger partial charge >= 0.3 is 0 Å². The number of aliphatic hydroxyl groups excluding tert-OH is 1. The smallest absolute Gasteiger partial charge is 0.248 e. The fraction of sp³-hybridized carbons (Fsp3) is 0.696. The summed E-state index contributed by atoms with van der Waals surface area (Å²) in [5.41, 5.74) is 1.32. The van der Waals surface area contributed by atoms with Crippen LogP contribution in [-0.2, 0) is 21.2 Å². The van der Waals surface area contributed by atoms with Crippen LogP contribution >= 0.6 is 0 Å². The molecule has 4 fully saturated rings. The molecular weight excluding hydrogens is 400 g/mol. The molecule has 7 heteroatoms. The average molecular weight is 435 g/mol. The van der Waals surface area contributed by atoms with Gasteiger partial charge in [0.25, 0.3) is 0 Å².